The lowest BCUT2D eigenvalue weighted by atomic mass is 10.1. The van der Waals surface area contributed by atoms with Gasteiger partial charge in [0.15, 0.2) is 0 Å². The van der Waals surface area contributed by atoms with Gasteiger partial charge in [-0.05, 0) is 24.3 Å². The molecule has 0 saturated carbocycles. The van der Waals surface area contributed by atoms with Crippen LogP contribution in [0.3, 0.4) is 0 Å². The fourth-order valence-electron chi connectivity index (χ4n) is 2.37. The highest BCUT2D eigenvalue weighted by molar-refractivity contribution is 7.92. The van der Waals surface area contributed by atoms with Gasteiger partial charge in [0.1, 0.15) is 5.75 Å². The van der Waals surface area contributed by atoms with Crippen LogP contribution in [-0.2, 0) is 10.0 Å². The van der Waals surface area contributed by atoms with Crippen molar-refractivity contribution in [2.45, 2.75) is 4.90 Å². The van der Waals surface area contributed by atoms with Gasteiger partial charge < -0.3 is 4.74 Å². The molecule has 122 valence electrons. The van der Waals surface area contributed by atoms with E-state index in [1.54, 1.807) is 55.9 Å². The number of aromatic nitrogens is 1. The van der Waals surface area contributed by atoms with Gasteiger partial charge in [-0.25, -0.2) is 8.42 Å². The first-order chi connectivity index (χ1) is 11.6. The van der Waals surface area contributed by atoms with Crippen molar-refractivity contribution in [2.24, 2.45) is 0 Å². The predicted octanol–water partition coefficient (Wildman–Crippen LogP) is 3.56. The Morgan fingerprint density at radius 2 is 1.62 bits per heavy atom. The molecule has 3 aromatic rings. The van der Waals surface area contributed by atoms with Crippen LogP contribution in [0.1, 0.15) is 0 Å². The molecule has 2 aromatic carbocycles. The smallest absolute Gasteiger partial charge is 0.261 e. The average Bonchev–Trinajstić information content (AvgIpc) is 2.62. The first-order valence-electron chi connectivity index (χ1n) is 7.27. The minimum atomic E-state index is -3.68. The van der Waals surface area contributed by atoms with E-state index in [2.05, 4.69) is 9.71 Å². The Bertz CT molecular complexity index is 941. The largest absolute Gasteiger partial charge is 0.496 e. The Balaban J connectivity index is 2.05. The monoisotopic (exact) mass is 340 g/mol. The van der Waals surface area contributed by atoms with Gasteiger partial charge in [-0.15, -0.1) is 0 Å². The summed E-state index contributed by atoms with van der Waals surface area (Å²) < 4.78 is 33.1. The molecule has 0 aliphatic heterocycles. The number of anilines is 1. The molecule has 0 unspecified atom stereocenters. The molecule has 1 heterocycles. The molecule has 1 aromatic heterocycles. The normalized spacial score (nSPS) is 11.0. The molecule has 0 radical (unpaired) electrons. The maximum atomic E-state index is 12.6. The average molecular weight is 340 g/mol. The summed E-state index contributed by atoms with van der Waals surface area (Å²) in [6.45, 7) is 0. The molecule has 0 aliphatic carbocycles. The summed E-state index contributed by atoms with van der Waals surface area (Å²) in [4.78, 5) is 4.31. The van der Waals surface area contributed by atoms with E-state index in [0.29, 0.717) is 17.0 Å². The van der Waals surface area contributed by atoms with E-state index in [-0.39, 0.29) is 4.90 Å². The summed E-state index contributed by atoms with van der Waals surface area (Å²) in [6.07, 6.45) is 3.16. The number of ether oxygens (including phenoxy) is 1. The summed E-state index contributed by atoms with van der Waals surface area (Å²) in [5.41, 5.74) is 1.85. The second-order valence-electron chi connectivity index (χ2n) is 5.04. The Hall–Kier alpha value is -2.86. The van der Waals surface area contributed by atoms with E-state index < -0.39 is 10.0 Å². The Morgan fingerprint density at radius 3 is 2.38 bits per heavy atom. The summed E-state index contributed by atoms with van der Waals surface area (Å²) in [5, 5.41) is 0. The summed E-state index contributed by atoms with van der Waals surface area (Å²) >= 11 is 0. The van der Waals surface area contributed by atoms with Crippen molar-refractivity contribution >= 4 is 15.7 Å². The molecule has 1 N–H and O–H groups in total. The molecule has 0 amide bonds. The van der Waals surface area contributed by atoms with E-state index in [1.165, 1.54) is 0 Å². The fraction of sp³-hybridized carbons (Fsp3) is 0.0556. The zero-order valence-electron chi connectivity index (χ0n) is 13.0. The molecular formula is C18H16N2O3S. The maximum absolute atomic E-state index is 12.6. The highest BCUT2D eigenvalue weighted by atomic mass is 32.2. The van der Waals surface area contributed by atoms with E-state index in [4.69, 9.17) is 4.74 Å². The van der Waals surface area contributed by atoms with Gasteiger partial charge in [0.25, 0.3) is 10.0 Å². The lowest BCUT2D eigenvalue weighted by Crippen LogP contribution is -2.13. The highest BCUT2D eigenvalue weighted by Gasteiger charge is 2.17. The summed E-state index contributed by atoms with van der Waals surface area (Å²) in [7, 11) is -2.11. The van der Waals surface area contributed by atoms with Crippen molar-refractivity contribution < 1.29 is 13.2 Å². The molecule has 3 rings (SSSR count). The molecule has 0 fully saturated rings. The van der Waals surface area contributed by atoms with Crippen LogP contribution in [0.15, 0.2) is 78.0 Å². The Labute approximate surface area is 141 Å². The Morgan fingerprint density at radius 1 is 0.917 bits per heavy atom. The molecule has 24 heavy (non-hydrogen) atoms. The number of hydrogen-bond donors (Lipinski definition) is 1. The number of hydrogen-bond acceptors (Lipinski definition) is 4. The van der Waals surface area contributed by atoms with Crippen LogP contribution in [0.2, 0.25) is 0 Å². The third kappa shape index (κ3) is 3.23. The van der Waals surface area contributed by atoms with Gasteiger partial charge in [-0.2, -0.15) is 0 Å². The minimum Gasteiger partial charge on any atom is -0.496 e. The number of rotatable bonds is 5. The molecule has 0 aliphatic rings. The zero-order valence-corrected chi connectivity index (χ0v) is 13.8. The molecule has 0 bridgehead atoms. The van der Waals surface area contributed by atoms with Crippen molar-refractivity contribution in [1.82, 2.24) is 4.98 Å². The standard InChI is InChI=1S/C18H16N2O3S/c1-23-18-10-6-5-9-15(18)16-13-19-12-11-17(16)20-24(21,22)14-7-3-2-4-8-14/h2-13H,1H3,(H,19,20). The molecule has 6 heteroatoms. The molecule has 0 spiro atoms. The SMILES string of the molecule is COc1ccccc1-c1cnccc1NS(=O)(=O)c1ccccc1. The number of para-hydroxylation sites is 1. The van der Waals surface area contributed by atoms with Gasteiger partial charge in [0.05, 0.1) is 17.7 Å². The fourth-order valence-corrected chi connectivity index (χ4v) is 3.47. The van der Waals surface area contributed by atoms with Crippen molar-refractivity contribution in [3.63, 3.8) is 0 Å². The van der Waals surface area contributed by atoms with Crippen LogP contribution >= 0.6 is 0 Å². The molecule has 5 nitrogen and oxygen atoms in total. The molecule has 0 saturated heterocycles. The number of nitrogens with one attached hydrogen (secondary N) is 1. The van der Waals surface area contributed by atoms with E-state index in [1.807, 2.05) is 24.3 Å². The predicted molar refractivity (Wildman–Crippen MR) is 93.5 cm³/mol. The number of pyridine rings is 1. The van der Waals surface area contributed by atoms with Gasteiger partial charge in [-0.1, -0.05) is 36.4 Å². The van der Waals surface area contributed by atoms with Gasteiger partial charge in [0, 0.05) is 23.5 Å². The van der Waals surface area contributed by atoms with Gasteiger partial charge in [-0.3, -0.25) is 9.71 Å². The van der Waals surface area contributed by atoms with Crippen molar-refractivity contribution in [3.05, 3.63) is 73.1 Å². The van der Waals surface area contributed by atoms with Crippen molar-refractivity contribution in [1.29, 1.82) is 0 Å². The van der Waals surface area contributed by atoms with Crippen LogP contribution in [0.5, 0.6) is 5.75 Å². The van der Waals surface area contributed by atoms with E-state index >= 15 is 0 Å². The van der Waals surface area contributed by atoms with Crippen LogP contribution in [-0.4, -0.2) is 20.5 Å². The van der Waals surface area contributed by atoms with Crippen LogP contribution in [0.4, 0.5) is 5.69 Å². The molecular weight excluding hydrogens is 324 g/mol. The highest BCUT2D eigenvalue weighted by Crippen LogP contribution is 2.34. The number of sulfonamides is 1. The zero-order chi connectivity index (χ0) is 17.0. The van der Waals surface area contributed by atoms with Crippen molar-refractivity contribution in [2.75, 3.05) is 11.8 Å². The molecule has 0 atom stereocenters. The first-order valence-corrected chi connectivity index (χ1v) is 8.75. The van der Waals surface area contributed by atoms with Crippen molar-refractivity contribution in [3.8, 4) is 16.9 Å². The summed E-state index contributed by atoms with van der Waals surface area (Å²) in [5.74, 6) is 0.644. The van der Waals surface area contributed by atoms with E-state index in [9.17, 15) is 8.42 Å². The van der Waals surface area contributed by atoms with Gasteiger partial charge in [0.2, 0.25) is 0 Å². The van der Waals surface area contributed by atoms with Crippen LogP contribution in [0, 0.1) is 0 Å². The minimum absolute atomic E-state index is 0.202. The topological polar surface area (TPSA) is 68.3 Å². The number of benzene rings is 2. The number of methoxy groups -OCH3 is 1. The van der Waals surface area contributed by atoms with Crippen LogP contribution in [0.25, 0.3) is 11.1 Å². The second kappa shape index (κ2) is 6.72. The van der Waals surface area contributed by atoms with Crippen LogP contribution < -0.4 is 9.46 Å². The third-order valence-electron chi connectivity index (χ3n) is 3.52. The lowest BCUT2D eigenvalue weighted by Gasteiger charge is -2.14. The first kappa shape index (κ1) is 16.0. The second-order valence-corrected chi connectivity index (χ2v) is 6.72. The lowest BCUT2D eigenvalue weighted by molar-refractivity contribution is 0.416. The quantitative estimate of drug-likeness (QED) is 0.771. The van der Waals surface area contributed by atoms with Gasteiger partial charge >= 0.3 is 0 Å². The Kier molecular flexibility index (Phi) is 4.48. The number of nitrogens with zero attached hydrogens (tertiary/aromatic N) is 1. The third-order valence-corrected chi connectivity index (χ3v) is 4.90. The maximum Gasteiger partial charge on any atom is 0.261 e. The summed E-state index contributed by atoms with van der Waals surface area (Å²) in [6, 6.07) is 17.2. The van der Waals surface area contributed by atoms with E-state index in [0.717, 1.165) is 5.56 Å².